The maximum Gasteiger partial charge on any atom is 0.262 e. The maximum absolute atomic E-state index is 5.61. The zero-order valence-electron chi connectivity index (χ0n) is 12.4. The lowest BCUT2D eigenvalue weighted by Gasteiger charge is -2.11. The molecule has 2 heterocycles. The normalized spacial score (nSPS) is 10.8. The van der Waals surface area contributed by atoms with Gasteiger partial charge in [0.1, 0.15) is 22.9 Å². The van der Waals surface area contributed by atoms with Gasteiger partial charge in [0, 0.05) is 12.1 Å². The van der Waals surface area contributed by atoms with Crippen LogP contribution in [-0.4, -0.2) is 21.5 Å². The lowest BCUT2D eigenvalue weighted by atomic mass is 10.2. The molecular weight excluding hydrogens is 272 g/mol. The number of hydrogen-bond donors (Lipinski definition) is 1. The van der Waals surface area contributed by atoms with Gasteiger partial charge in [0.15, 0.2) is 0 Å². The highest BCUT2D eigenvalue weighted by atomic mass is 32.2. The fourth-order valence-electron chi connectivity index (χ4n) is 1.77. The van der Waals surface area contributed by atoms with Crippen LogP contribution in [0.25, 0.3) is 0 Å². The maximum atomic E-state index is 5.61. The summed E-state index contributed by atoms with van der Waals surface area (Å²) in [6, 6.07) is 0. The van der Waals surface area contributed by atoms with E-state index in [0.29, 0.717) is 5.22 Å². The second-order valence-corrected chi connectivity index (χ2v) is 5.45. The minimum atomic E-state index is 0.634. The first-order chi connectivity index (χ1) is 9.65. The van der Waals surface area contributed by atoms with Gasteiger partial charge in [-0.25, -0.2) is 15.0 Å². The van der Waals surface area contributed by atoms with Crippen molar-refractivity contribution in [3.05, 3.63) is 23.3 Å². The molecule has 2 aromatic rings. The molecule has 0 spiro atoms. The van der Waals surface area contributed by atoms with Crippen LogP contribution in [0.15, 0.2) is 21.0 Å². The van der Waals surface area contributed by atoms with Crippen molar-refractivity contribution in [3.63, 3.8) is 0 Å². The van der Waals surface area contributed by atoms with E-state index in [0.717, 1.165) is 47.2 Å². The molecule has 5 nitrogen and oxygen atoms in total. The Morgan fingerprint density at radius 3 is 2.65 bits per heavy atom. The Labute approximate surface area is 123 Å². The summed E-state index contributed by atoms with van der Waals surface area (Å²) in [6.07, 6.45) is 3.52. The van der Waals surface area contributed by atoms with Crippen molar-refractivity contribution in [2.24, 2.45) is 0 Å². The van der Waals surface area contributed by atoms with Crippen LogP contribution in [-0.2, 0) is 6.42 Å². The van der Waals surface area contributed by atoms with E-state index < -0.39 is 0 Å². The fourth-order valence-corrected chi connectivity index (χ4v) is 2.75. The third-order valence-corrected chi connectivity index (χ3v) is 3.89. The van der Waals surface area contributed by atoms with Gasteiger partial charge < -0.3 is 9.73 Å². The number of aryl methyl sites for hydroxylation is 2. The highest BCUT2D eigenvalue weighted by Gasteiger charge is 2.14. The zero-order valence-corrected chi connectivity index (χ0v) is 13.2. The molecule has 0 fully saturated rings. The molecule has 6 heteroatoms. The van der Waals surface area contributed by atoms with E-state index in [9.17, 15) is 0 Å². The van der Waals surface area contributed by atoms with Crippen molar-refractivity contribution in [3.8, 4) is 0 Å². The molecule has 2 rings (SSSR count). The van der Waals surface area contributed by atoms with E-state index in [4.69, 9.17) is 4.42 Å². The van der Waals surface area contributed by atoms with Gasteiger partial charge in [-0.05, 0) is 38.5 Å². The smallest absolute Gasteiger partial charge is 0.262 e. The molecule has 0 saturated carbocycles. The summed E-state index contributed by atoms with van der Waals surface area (Å²) in [5.41, 5.74) is 2.03. The summed E-state index contributed by atoms with van der Waals surface area (Å²) < 4.78 is 5.61. The van der Waals surface area contributed by atoms with Crippen molar-refractivity contribution in [2.75, 3.05) is 11.9 Å². The number of nitrogens with zero attached hydrogens (tertiary/aromatic N) is 3. The van der Waals surface area contributed by atoms with Crippen LogP contribution in [0.1, 0.15) is 37.3 Å². The largest absolute Gasteiger partial charge is 0.436 e. The highest BCUT2D eigenvalue weighted by molar-refractivity contribution is 7.99. The van der Waals surface area contributed by atoms with Crippen LogP contribution < -0.4 is 5.32 Å². The lowest BCUT2D eigenvalue weighted by Crippen LogP contribution is -2.06. The van der Waals surface area contributed by atoms with E-state index >= 15 is 0 Å². The summed E-state index contributed by atoms with van der Waals surface area (Å²) in [6.45, 7) is 9.00. The average Bonchev–Trinajstić information content (AvgIpc) is 2.75. The predicted molar refractivity (Wildman–Crippen MR) is 80.3 cm³/mol. The number of nitrogens with one attached hydrogen (secondary N) is 1. The van der Waals surface area contributed by atoms with Crippen LogP contribution in [0.3, 0.4) is 0 Å². The molecule has 0 atom stereocenters. The van der Waals surface area contributed by atoms with Crippen LogP contribution in [0, 0.1) is 13.8 Å². The minimum absolute atomic E-state index is 0.634. The Morgan fingerprint density at radius 2 is 2.05 bits per heavy atom. The van der Waals surface area contributed by atoms with E-state index in [1.807, 2.05) is 13.8 Å². The van der Waals surface area contributed by atoms with Gasteiger partial charge >= 0.3 is 0 Å². The molecule has 0 aliphatic carbocycles. The number of oxazole rings is 1. The monoisotopic (exact) mass is 292 g/mol. The zero-order chi connectivity index (χ0) is 14.5. The Morgan fingerprint density at radius 1 is 1.25 bits per heavy atom. The van der Waals surface area contributed by atoms with Crippen LogP contribution in [0.4, 0.5) is 5.82 Å². The highest BCUT2D eigenvalue weighted by Crippen LogP contribution is 2.31. The summed E-state index contributed by atoms with van der Waals surface area (Å²) in [7, 11) is 0. The van der Waals surface area contributed by atoms with Crippen LogP contribution in [0.2, 0.25) is 0 Å². The van der Waals surface area contributed by atoms with Crippen molar-refractivity contribution in [1.29, 1.82) is 0 Å². The van der Waals surface area contributed by atoms with Gasteiger partial charge in [-0.15, -0.1) is 0 Å². The summed E-state index contributed by atoms with van der Waals surface area (Å²) >= 11 is 1.45. The quantitative estimate of drug-likeness (QED) is 0.820. The molecular formula is C14H20N4OS. The van der Waals surface area contributed by atoms with Gasteiger partial charge in [0.05, 0.1) is 5.69 Å². The van der Waals surface area contributed by atoms with Crippen molar-refractivity contribution in [2.45, 2.75) is 50.8 Å². The predicted octanol–water partition coefficient (Wildman–Crippen LogP) is 3.62. The molecule has 0 radical (unpaired) electrons. The number of hydrogen-bond acceptors (Lipinski definition) is 6. The van der Waals surface area contributed by atoms with Crippen molar-refractivity contribution < 1.29 is 4.42 Å². The van der Waals surface area contributed by atoms with E-state index in [1.165, 1.54) is 11.8 Å². The molecule has 20 heavy (non-hydrogen) atoms. The minimum Gasteiger partial charge on any atom is -0.436 e. The summed E-state index contributed by atoms with van der Waals surface area (Å²) in [5, 5.41) is 4.88. The topological polar surface area (TPSA) is 63.8 Å². The molecule has 0 aliphatic heterocycles. The second kappa shape index (κ2) is 6.74. The number of rotatable bonds is 6. The first kappa shape index (κ1) is 14.8. The molecule has 2 aromatic heterocycles. The van der Waals surface area contributed by atoms with Crippen LogP contribution in [0.5, 0.6) is 0 Å². The summed E-state index contributed by atoms with van der Waals surface area (Å²) in [4.78, 5) is 13.1. The molecule has 0 bridgehead atoms. The molecule has 0 aromatic carbocycles. The van der Waals surface area contributed by atoms with Gasteiger partial charge in [-0.3, -0.25) is 0 Å². The average molecular weight is 292 g/mol. The molecule has 1 N–H and O–H groups in total. The van der Waals surface area contributed by atoms with Crippen LogP contribution >= 0.6 is 11.8 Å². The van der Waals surface area contributed by atoms with E-state index in [1.54, 1.807) is 6.33 Å². The van der Waals surface area contributed by atoms with E-state index in [2.05, 4.69) is 34.1 Å². The molecule has 0 aliphatic rings. The van der Waals surface area contributed by atoms with Gasteiger partial charge in [0.2, 0.25) is 0 Å². The van der Waals surface area contributed by atoms with E-state index in [-0.39, 0.29) is 0 Å². The second-order valence-electron chi connectivity index (χ2n) is 4.51. The standard InChI is InChI=1S/C14H20N4OS/c1-5-7-15-12-11(6-2)13(17-8-16-12)20-14-18-9(3)10(4)19-14/h8H,5-7H2,1-4H3,(H,15,16,17). The third kappa shape index (κ3) is 3.30. The first-order valence-electron chi connectivity index (χ1n) is 6.85. The molecule has 0 unspecified atom stereocenters. The van der Waals surface area contributed by atoms with Gasteiger partial charge in [0.25, 0.3) is 5.22 Å². The van der Waals surface area contributed by atoms with Gasteiger partial charge in [-0.1, -0.05) is 13.8 Å². The molecule has 108 valence electrons. The molecule has 0 saturated heterocycles. The number of anilines is 1. The molecule has 0 amide bonds. The SMILES string of the molecule is CCCNc1ncnc(Sc2nc(C)c(C)o2)c1CC. The van der Waals surface area contributed by atoms with Crippen molar-refractivity contribution >= 4 is 17.6 Å². The Hall–Kier alpha value is -1.56. The third-order valence-electron chi connectivity index (χ3n) is 2.99. The summed E-state index contributed by atoms with van der Waals surface area (Å²) in [5.74, 6) is 1.76. The lowest BCUT2D eigenvalue weighted by molar-refractivity contribution is 0.431. The van der Waals surface area contributed by atoms with Gasteiger partial charge in [-0.2, -0.15) is 0 Å². The Bertz CT molecular complexity index is 563. The van der Waals surface area contributed by atoms with Crippen molar-refractivity contribution in [1.82, 2.24) is 15.0 Å². The number of aromatic nitrogens is 3. The Balaban J connectivity index is 2.26. The fraction of sp³-hybridized carbons (Fsp3) is 0.500. The first-order valence-corrected chi connectivity index (χ1v) is 7.67. The Kier molecular flexibility index (Phi) is 5.00.